The number of hydrogen-bond donors (Lipinski definition) is 2. The Morgan fingerprint density at radius 1 is 1.26 bits per heavy atom. The van der Waals surface area contributed by atoms with Crippen LogP contribution in [0.4, 0.5) is 5.82 Å². The van der Waals surface area contributed by atoms with Gasteiger partial charge in [-0.05, 0) is 31.9 Å². The number of carbonyl (C=O) groups is 1. The molecule has 0 aliphatic carbocycles. The smallest absolute Gasteiger partial charge is 0.253 e. The van der Waals surface area contributed by atoms with Crippen molar-refractivity contribution in [3.05, 3.63) is 23.9 Å². The van der Waals surface area contributed by atoms with Gasteiger partial charge in [0.15, 0.2) is 0 Å². The molecule has 0 radical (unpaired) electrons. The van der Waals surface area contributed by atoms with Crippen molar-refractivity contribution in [2.45, 2.75) is 46.6 Å². The fourth-order valence-corrected chi connectivity index (χ4v) is 2.22. The molecule has 0 aliphatic rings. The number of hydrogen-bond acceptors (Lipinski definition) is 3. The van der Waals surface area contributed by atoms with Gasteiger partial charge in [-0.2, -0.15) is 0 Å². The fraction of sp³-hybridized carbons (Fsp3) is 0.600. The summed E-state index contributed by atoms with van der Waals surface area (Å²) in [5.74, 6) is 1.28. The summed E-state index contributed by atoms with van der Waals surface area (Å²) in [4.78, 5) is 16.3. The lowest BCUT2D eigenvalue weighted by Crippen LogP contribution is -2.37. The molecule has 1 heterocycles. The minimum absolute atomic E-state index is 0.0463. The number of carbonyl (C=O) groups excluding carboxylic acids is 1. The molecule has 4 nitrogen and oxygen atoms in total. The third-order valence-electron chi connectivity index (χ3n) is 3.50. The molecule has 1 aromatic heterocycles. The molecule has 0 bridgehead atoms. The first-order chi connectivity index (χ1) is 9.12. The van der Waals surface area contributed by atoms with Crippen LogP contribution in [0.15, 0.2) is 18.3 Å². The van der Waals surface area contributed by atoms with Crippen molar-refractivity contribution >= 4 is 11.7 Å². The van der Waals surface area contributed by atoms with E-state index in [4.69, 9.17) is 0 Å². The maximum Gasteiger partial charge on any atom is 0.253 e. The van der Waals surface area contributed by atoms with Crippen LogP contribution >= 0.6 is 0 Å². The monoisotopic (exact) mass is 263 g/mol. The average Bonchev–Trinajstić information content (AvgIpc) is 2.41. The first kappa shape index (κ1) is 15.5. The van der Waals surface area contributed by atoms with E-state index < -0.39 is 0 Å². The molecule has 1 atom stereocenters. The molecule has 1 unspecified atom stereocenters. The van der Waals surface area contributed by atoms with Crippen molar-refractivity contribution in [1.29, 1.82) is 0 Å². The van der Waals surface area contributed by atoms with Gasteiger partial charge in [0, 0.05) is 18.8 Å². The second-order valence-electron chi connectivity index (χ2n) is 4.80. The lowest BCUT2D eigenvalue weighted by molar-refractivity contribution is 0.0925. The number of pyridine rings is 1. The average molecular weight is 263 g/mol. The normalized spacial score (nSPS) is 12.3. The molecule has 1 aromatic rings. The predicted molar refractivity (Wildman–Crippen MR) is 79.4 cm³/mol. The topological polar surface area (TPSA) is 54.0 Å². The van der Waals surface area contributed by atoms with Crippen LogP contribution in [0, 0.1) is 5.92 Å². The molecule has 106 valence electrons. The van der Waals surface area contributed by atoms with Crippen molar-refractivity contribution in [1.82, 2.24) is 10.3 Å². The molecular formula is C15H25N3O. The van der Waals surface area contributed by atoms with Gasteiger partial charge in [-0.25, -0.2) is 4.98 Å². The third kappa shape index (κ3) is 4.54. The van der Waals surface area contributed by atoms with E-state index in [1.807, 2.05) is 13.0 Å². The van der Waals surface area contributed by atoms with Crippen LogP contribution in [0.25, 0.3) is 0 Å². The van der Waals surface area contributed by atoms with Crippen LogP contribution in [0.3, 0.4) is 0 Å². The van der Waals surface area contributed by atoms with Crippen LogP contribution < -0.4 is 10.6 Å². The predicted octanol–water partition coefficient (Wildman–Crippen LogP) is 3.07. The zero-order valence-corrected chi connectivity index (χ0v) is 12.4. The van der Waals surface area contributed by atoms with Crippen molar-refractivity contribution in [3.8, 4) is 0 Å². The van der Waals surface area contributed by atoms with Crippen LogP contribution in [0.1, 0.15) is 50.9 Å². The Hall–Kier alpha value is -1.58. The van der Waals surface area contributed by atoms with Crippen LogP contribution in [0.5, 0.6) is 0 Å². The van der Waals surface area contributed by atoms with E-state index in [9.17, 15) is 4.79 Å². The molecule has 0 aliphatic heterocycles. The zero-order chi connectivity index (χ0) is 14.3. The highest BCUT2D eigenvalue weighted by Crippen LogP contribution is 2.13. The Morgan fingerprint density at radius 2 is 1.95 bits per heavy atom. The highest BCUT2D eigenvalue weighted by atomic mass is 16.1. The highest BCUT2D eigenvalue weighted by Gasteiger charge is 2.16. The third-order valence-corrected chi connectivity index (χ3v) is 3.50. The molecule has 1 rings (SSSR count). The van der Waals surface area contributed by atoms with Crippen LogP contribution in [-0.2, 0) is 0 Å². The van der Waals surface area contributed by atoms with Gasteiger partial charge in [-0.15, -0.1) is 0 Å². The Kier molecular flexibility index (Phi) is 6.33. The van der Waals surface area contributed by atoms with Crippen molar-refractivity contribution in [2.24, 2.45) is 5.92 Å². The van der Waals surface area contributed by atoms with Crippen molar-refractivity contribution in [3.63, 3.8) is 0 Å². The molecule has 2 N–H and O–H groups in total. The van der Waals surface area contributed by atoms with E-state index in [2.05, 4.69) is 36.4 Å². The van der Waals surface area contributed by atoms with Gasteiger partial charge in [0.05, 0.1) is 5.56 Å². The lowest BCUT2D eigenvalue weighted by Gasteiger charge is -2.22. The number of anilines is 1. The second-order valence-corrected chi connectivity index (χ2v) is 4.80. The van der Waals surface area contributed by atoms with Crippen LogP contribution in [0.2, 0.25) is 0 Å². The first-order valence-corrected chi connectivity index (χ1v) is 7.13. The Morgan fingerprint density at radius 3 is 2.42 bits per heavy atom. The fourth-order valence-electron chi connectivity index (χ4n) is 2.22. The van der Waals surface area contributed by atoms with E-state index in [1.54, 1.807) is 12.3 Å². The summed E-state index contributed by atoms with van der Waals surface area (Å²) in [5, 5.41) is 6.16. The first-order valence-electron chi connectivity index (χ1n) is 7.13. The maximum atomic E-state index is 12.1. The summed E-state index contributed by atoms with van der Waals surface area (Å²) < 4.78 is 0. The Balaban J connectivity index is 2.62. The van der Waals surface area contributed by atoms with Gasteiger partial charge in [0.25, 0.3) is 5.91 Å². The summed E-state index contributed by atoms with van der Waals surface area (Å²) in [5.41, 5.74) is 0.611. The summed E-state index contributed by atoms with van der Waals surface area (Å²) in [6.45, 7) is 9.22. The quantitative estimate of drug-likeness (QED) is 0.795. The summed E-state index contributed by atoms with van der Waals surface area (Å²) in [6.07, 6.45) is 3.78. The Bertz CT molecular complexity index is 385. The Labute approximate surface area is 116 Å². The van der Waals surface area contributed by atoms with Gasteiger partial charge in [-0.3, -0.25) is 4.79 Å². The number of rotatable bonds is 7. The number of amides is 1. The molecule has 0 spiro atoms. The van der Waals surface area contributed by atoms with Gasteiger partial charge < -0.3 is 10.6 Å². The molecule has 1 amide bonds. The molecule has 0 fully saturated rings. The minimum atomic E-state index is -0.0463. The highest BCUT2D eigenvalue weighted by molar-refractivity contribution is 5.94. The van der Waals surface area contributed by atoms with Gasteiger partial charge in [0.1, 0.15) is 5.82 Å². The molecule has 0 saturated heterocycles. The second kappa shape index (κ2) is 7.77. The molecule has 4 heteroatoms. The summed E-state index contributed by atoms with van der Waals surface area (Å²) in [6, 6.07) is 3.83. The van der Waals surface area contributed by atoms with E-state index in [1.165, 1.54) is 0 Å². The van der Waals surface area contributed by atoms with E-state index >= 15 is 0 Å². The van der Waals surface area contributed by atoms with Gasteiger partial charge >= 0.3 is 0 Å². The van der Waals surface area contributed by atoms with E-state index in [0.717, 1.165) is 25.2 Å². The number of nitrogens with zero attached hydrogens (tertiary/aromatic N) is 1. The van der Waals surface area contributed by atoms with Crippen molar-refractivity contribution < 1.29 is 4.79 Å². The largest absolute Gasteiger partial charge is 0.370 e. The maximum absolute atomic E-state index is 12.1. The molecule has 0 aromatic carbocycles. The molecule has 19 heavy (non-hydrogen) atoms. The number of nitrogens with one attached hydrogen (secondary N) is 2. The number of aromatic nitrogens is 1. The van der Waals surface area contributed by atoms with Gasteiger partial charge in [-0.1, -0.05) is 26.7 Å². The van der Waals surface area contributed by atoms with E-state index in [-0.39, 0.29) is 11.9 Å². The summed E-state index contributed by atoms with van der Waals surface area (Å²) in [7, 11) is 0. The van der Waals surface area contributed by atoms with Gasteiger partial charge in [0.2, 0.25) is 0 Å². The van der Waals surface area contributed by atoms with E-state index in [0.29, 0.717) is 11.5 Å². The lowest BCUT2D eigenvalue weighted by atomic mass is 9.95. The molecular weight excluding hydrogens is 238 g/mol. The standard InChI is InChI=1S/C15H25N3O/c1-5-12(6-2)11(4)18-15(19)13-8-9-14(16-7-3)17-10-13/h8-12H,5-7H2,1-4H3,(H,16,17)(H,18,19). The summed E-state index contributed by atoms with van der Waals surface area (Å²) >= 11 is 0. The zero-order valence-electron chi connectivity index (χ0n) is 12.4. The van der Waals surface area contributed by atoms with Crippen molar-refractivity contribution in [2.75, 3.05) is 11.9 Å². The SMILES string of the molecule is CCNc1ccc(C(=O)NC(C)C(CC)CC)cn1. The molecule has 0 saturated carbocycles. The minimum Gasteiger partial charge on any atom is -0.370 e. The van der Waals surface area contributed by atoms with Crippen LogP contribution in [-0.4, -0.2) is 23.5 Å².